The van der Waals surface area contributed by atoms with Gasteiger partial charge >= 0.3 is 0 Å². The van der Waals surface area contributed by atoms with E-state index in [1.54, 1.807) is 22.5 Å². The van der Waals surface area contributed by atoms with Crippen molar-refractivity contribution in [3.8, 4) is 0 Å². The molecule has 0 aliphatic heterocycles. The monoisotopic (exact) mass is 251 g/mol. The molecule has 0 unspecified atom stereocenters. The molecule has 0 fully saturated rings. The highest BCUT2D eigenvalue weighted by Crippen LogP contribution is 2.15. The van der Waals surface area contributed by atoms with Crippen LogP contribution in [0.5, 0.6) is 0 Å². The quantitative estimate of drug-likeness (QED) is 0.702. The Bertz CT molecular complexity index is 718. The molecule has 0 saturated heterocycles. The summed E-state index contributed by atoms with van der Waals surface area (Å²) in [5.41, 5.74) is 2.19. The summed E-state index contributed by atoms with van der Waals surface area (Å²) in [6, 6.07) is 15.2. The van der Waals surface area contributed by atoms with E-state index >= 15 is 0 Å². The van der Waals surface area contributed by atoms with Crippen LogP contribution in [-0.4, -0.2) is 22.3 Å². The summed E-state index contributed by atoms with van der Waals surface area (Å²) in [6.45, 7) is 0. The molecular weight excluding hydrogens is 238 g/mol. The molecule has 2 aromatic heterocycles. The SMILES string of the molecule is CN(C(=O)c1cnc2ccccn12)c1ccccc1. The Morgan fingerprint density at radius 1 is 1.11 bits per heavy atom. The van der Waals surface area contributed by atoms with E-state index in [0.29, 0.717) is 5.69 Å². The molecule has 0 radical (unpaired) electrons. The molecule has 1 amide bonds. The second-order valence-electron chi connectivity index (χ2n) is 4.27. The molecule has 0 N–H and O–H groups in total. The van der Waals surface area contributed by atoms with Crippen LogP contribution in [0.3, 0.4) is 0 Å². The summed E-state index contributed by atoms with van der Waals surface area (Å²) in [5.74, 6) is -0.0788. The van der Waals surface area contributed by atoms with Crippen molar-refractivity contribution >= 4 is 17.2 Å². The average Bonchev–Trinajstić information content (AvgIpc) is 2.90. The lowest BCUT2D eigenvalue weighted by Gasteiger charge is -2.16. The summed E-state index contributed by atoms with van der Waals surface area (Å²) in [4.78, 5) is 18.3. The minimum Gasteiger partial charge on any atom is -0.310 e. The van der Waals surface area contributed by atoms with Crippen LogP contribution in [-0.2, 0) is 0 Å². The van der Waals surface area contributed by atoms with E-state index in [0.717, 1.165) is 11.3 Å². The molecule has 4 nitrogen and oxygen atoms in total. The number of pyridine rings is 1. The maximum Gasteiger partial charge on any atom is 0.276 e. The van der Waals surface area contributed by atoms with Gasteiger partial charge in [-0.25, -0.2) is 4.98 Å². The number of nitrogens with zero attached hydrogens (tertiary/aromatic N) is 3. The molecule has 0 saturated carbocycles. The third-order valence-electron chi connectivity index (χ3n) is 3.08. The van der Waals surface area contributed by atoms with Gasteiger partial charge < -0.3 is 4.90 Å². The van der Waals surface area contributed by atoms with E-state index in [9.17, 15) is 4.79 Å². The van der Waals surface area contributed by atoms with Gasteiger partial charge in [0.05, 0.1) is 6.20 Å². The first-order valence-corrected chi connectivity index (χ1v) is 6.02. The lowest BCUT2D eigenvalue weighted by Crippen LogP contribution is -2.27. The minimum atomic E-state index is -0.0788. The smallest absolute Gasteiger partial charge is 0.276 e. The third kappa shape index (κ3) is 1.97. The molecule has 3 rings (SSSR count). The van der Waals surface area contributed by atoms with Gasteiger partial charge in [0.2, 0.25) is 0 Å². The summed E-state index contributed by atoms with van der Waals surface area (Å²) in [5, 5.41) is 0. The van der Waals surface area contributed by atoms with Crippen molar-refractivity contribution in [2.75, 3.05) is 11.9 Å². The fourth-order valence-electron chi connectivity index (χ4n) is 2.03. The number of carbonyl (C=O) groups is 1. The molecule has 0 aliphatic rings. The van der Waals surface area contributed by atoms with Gasteiger partial charge in [-0.3, -0.25) is 9.20 Å². The number of anilines is 1. The summed E-state index contributed by atoms with van der Waals surface area (Å²) in [7, 11) is 1.76. The van der Waals surface area contributed by atoms with Crippen LogP contribution in [0.2, 0.25) is 0 Å². The van der Waals surface area contributed by atoms with Crippen LogP contribution >= 0.6 is 0 Å². The normalized spacial score (nSPS) is 10.6. The lowest BCUT2D eigenvalue weighted by atomic mass is 10.3. The molecule has 0 aliphatic carbocycles. The molecule has 1 aromatic carbocycles. The molecule has 4 heteroatoms. The zero-order chi connectivity index (χ0) is 13.2. The van der Waals surface area contributed by atoms with Gasteiger partial charge in [0, 0.05) is 18.9 Å². The molecule has 2 heterocycles. The fraction of sp³-hybridized carbons (Fsp3) is 0.0667. The van der Waals surface area contributed by atoms with Gasteiger partial charge in [0.15, 0.2) is 0 Å². The number of fused-ring (bicyclic) bond motifs is 1. The van der Waals surface area contributed by atoms with Crippen LogP contribution in [0.1, 0.15) is 10.5 Å². The van der Waals surface area contributed by atoms with Crippen LogP contribution in [0.25, 0.3) is 5.65 Å². The summed E-state index contributed by atoms with van der Waals surface area (Å²) < 4.78 is 1.79. The van der Waals surface area contributed by atoms with Gasteiger partial charge in [-0.05, 0) is 24.3 Å². The predicted octanol–water partition coefficient (Wildman–Crippen LogP) is 2.61. The van der Waals surface area contributed by atoms with Crippen LogP contribution in [0.15, 0.2) is 60.9 Å². The summed E-state index contributed by atoms with van der Waals surface area (Å²) >= 11 is 0. The van der Waals surface area contributed by atoms with E-state index in [1.165, 1.54) is 0 Å². The Balaban J connectivity index is 2.00. The van der Waals surface area contributed by atoms with E-state index < -0.39 is 0 Å². The largest absolute Gasteiger partial charge is 0.310 e. The number of amides is 1. The first-order chi connectivity index (χ1) is 9.27. The zero-order valence-corrected chi connectivity index (χ0v) is 10.5. The van der Waals surface area contributed by atoms with Crippen molar-refractivity contribution in [1.29, 1.82) is 0 Å². The molecular formula is C15H13N3O. The Morgan fingerprint density at radius 3 is 2.63 bits per heavy atom. The minimum absolute atomic E-state index is 0.0788. The van der Waals surface area contributed by atoms with E-state index in [4.69, 9.17) is 0 Å². The number of aromatic nitrogens is 2. The maximum atomic E-state index is 12.5. The van der Waals surface area contributed by atoms with Crippen molar-refractivity contribution in [3.05, 3.63) is 66.6 Å². The van der Waals surface area contributed by atoms with Crippen molar-refractivity contribution in [1.82, 2.24) is 9.38 Å². The number of hydrogen-bond acceptors (Lipinski definition) is 2. The second kappa shape index (κ2) is 4.57. The van der Waals surface area contributed by atoms with Crippen LogP contribution in [0.4, 0.5) is 5.69 Å². The van der Waals surface area contributed by atoms with E-state index in [-0.39, 0.29) is 5.91 Å². The molecule has 19 heavy (non-hydrogen) atoms. The van der Waals surface area contributed by atoms with Crippen molar-refractivity contribution in [3.63, 3.8) is 0 Å². The van der Waals surface area contributed by atoms with Crippen molar-refractivity contribution in [2.45, 2.75) is 0 Å². The highest BCUT2D eigenvalue weighted by molar-refractivity contribution is 6.04. The number of para-hydroxylation sites is 1. The Kier molecular flexibility index (Phi) is 2.76. The first-order valence-electron chi connectivity index (χ1n) is 6.02. The maximum absolute atomic E-state index is 12.5. The van der Waals surface area contributed by atoms with Crippen molar-refractivity contribution < 1.29 is 4.79 Å². The summed E-state index contributed by atoms with van der Waals surface area (Å²) in [6.07, 6.45) is 3.45. The van der Waals surface area contributed by atoms with Gasteiger partial charge in [0.25, 0.3) is 5.91 Å². The number of rotatable bonds is 2. The highest BCUT2D eigenvalue weighted by Gasteiger charge is 2.17. The van der Waals surface area contributed by atoms with E-state index in [2.05, 4.69) is 4.98 Å². The molecule has 0 atom stereocenters. The fourth-order valence-corrected chi connectivity index (χ4v) is 2.03. The molecule has 94 valence electrons. The van der Waals surface area contributed by atoms with Crippen LogP contribution in [0, 0.1) is 0 Å². The van der Waals surface area contributed by atoms with E-state index in [1.807, 2.05) is 54.7 Å². The standard InChI is InChI=1S/C15H13N3O/c1-17(12-7-3-2-4-8-12)15(19)13-11-16-14-9-5-6-10-18(13)14/h2-11H,1H3. The number of hydrogen-bond donors (Lipinski definition) is 0. The average molecular weight is 251 g/mol. The first kappa shape index (κ1) is 11.5. The molecule has 0 bridgehead atoms. The Labute approximate surface area is 110 Å². The molecule has 0 spiro atoms. The van der Waals surface area contributed by atoms with Crippen LogP contribution < -0.4 is 4.90 Å². The number of carbonyl (C=O) groups excluding carboxylic acids is 1. The Morgan fingerprint density at radius 2 is 1.84 bits per heavy atom. The second-order valence-corrected chi connectivity index (χ2v) is 4.27. The topological polar surface area (TPSA) is 37.6 Å². The number of benzene rings is 1. The lowest BCUT2D eigenvalue weighted by molar-refractivity contribution is 0.0987. The zero-order valence-electron chi connectivity index (χ0n) is 10.5. The van der Waals surface area contributed by atoms with Gasteiger partial charge in [-0.2, -0.15) is 0 Å². The van der Waals surface area contributed by atoms with Crippen molar-refractivity contribution in [2.24, 2.45) is 0 Å². The molecule has 3 aromatic rings. The highest BCUT2D eigenvalue weighted by atomic mass is 16.2. The van der Waals surface area contributed by atoms with Gasteiger partial charge in [0.1, 0.15) is 11.3 Å². The van der Waals surface area contributed by atoms with Gasteiger partial charge in [-0.1, -0.05) is 24.3 Å². The van der Waals surface area contributed by atoms with Gasteiger partial charge in [-0.15, -0.1) is 0 Å². The third-order valence-corrected chi connectivity index (χ3v) is 3.08. The predicted molar refractivity (Wildman–Crippen MR) is 74.4 cm³/mol. The number of imidazole rings is 1. The Hall–Kier alpha value is -2.62.